The van der Waals surface area contributed by atoms with Crippen molar-refractivity contribution >= 4 is 57.9 Å². The number of ether oxygens (including phenoxy) is 1. The van der Waals surface area contributed by atoms with Crippen LogP contribution in [0.4, 0.5) is 17.1 Å². The Hall–Kier alpha value is -4.35. The van der Waals surface area contributed by atoms with Crippen LogP contribution >= 0.6 is 23.1 Å². The highest BCUT2D eigenvalue weighted by Crippen LogP contribution is 2.54. The molecular formula is C33H32N4O5S2. The first-order valence-electron chi connectivity index (χ1n) is 14.5. The third kappa shape index (κ3) is 5.30. The highest BCUT2D eigenvalue weighted by molar-refractivity contribution is 8.00. The monoisotopic (exact) mass is 628 g/mol. The average Bonchev–Trinajstić information content (AvgIpc) is 3.48. The summed E-state index contributed by atoms with van der Waals surface area (Å²) in [7, 11) is 1.57. The molecule has 11 heteroatoms. The van der Waals surface area contributed by atoms with Crippen molar-refractivity contribution in [2.45, 2.75) is 36.6 Å². The lowest BCUT2D eigenvalue weighted by molar-refractivity contribution is -0.122. The number of amides is 3. The topological polar surface area (TPSA) is 101 Å². The van der Waals surface area contributed by atoms with Gasteiger partial charge in [-0.05, 0) is 67.9 Å². The van der Waals surface area contributed by atoms with Crippen LogP contribution in [-0.2, 0) is 20.9 Å². The van der Waals surface area contributed by atoms with Gasteiger partial charge in [-0.3, -0.25) is 23.7 Å². The lowest BCUT2D eigenvalue weighted by Gasteiger charge is -2.31. The van der Waals surface area contributed by atoms with Gasteiger partial charge < -0.3 is 15.0 Å². The van der Waals surface area contributed by atoms with Gasteiger partial charge in [0.05, 0.1) is 23.7 Å². The number of hydrogen-bond donors (Lipinski definition) is 1. The van der Waals surface area contributed by atoms with Crippen LogP contribution in [0.3, 0.4) is 0 Å². The maximum Gasteiger partial charge on any atom is 0.308 e. The van der Waals surface area contributed by atoms with Gasteiger partial charge in [0.15, 0.2) is 0 Å². The summed E-state index contributed by atoms with van der Waals surface area (Å²) >= 11 is 2.25. The number of carbonyl (C=O) groups is 3. The third-order valence-electron chi connectivity index (χ3n) is 8.12. The van der Waals surface area contributed by atoms with Crippen molar-refractivity contribution in [3.8, 4) is 5.75 Å². The summed E-state index contributed by atoms with van der Waals surface area (Å²) in [6.07, 6.45) is 0. The molecule has 226 valence electrons. The number of anilines is 3. The second-order valence-corrected chi connectivity index (χ2v) is 12.7. The maximum atomic E-state index is 14.1. The van der Waals surface area contributed by atoms with Crippen molar-refractivity contribution in [2.75, 3.05) is 35.3 Å². The molecule has 1 saturated heterocycles. The number of aromatic nitrogens is 1. The number of benzene rings is 3. The van der Waals surface area contributed by atoms with E-state index in [9.17, 15) is 19.2 Å². The number of methoxy groups -OCH3 is 1. The van der Waals surface area contributed by atoms with Gasteiger partial charge in [-0.1, -0.05) is 53.4 Å². The van der Waals surface area contributed by atoms with E-state index in [4.69, 9.17) is 4.74 Å². The Morgan fingerprint density at radius 3 is 2.23 bits per heavy atom. The van der Waals surface area contributed by atoms with Gasteiger partial charge >= 0.3 is 4.87 Å². The fraction of sp³-hybridized carbons (Fsp3) is 0.273. The molecular weight excluding hydrogens is 597 g/mol. The van der Waals surface area contributed by atoms with Crippen LogP contribution in [0.15, 0.2) is 88.7 Å². The smallest absolute Gasteiger partial charge is 0.308 e. The number of carbonyl (C=O) groups excluding carboxylic acids is 3. The number of para-hydroxylation sites is 1. The summed E-state index contributed by atoms with van der Waals surface area (Å²) in [4.78, 5) is 58.4. The molecule has 0 bridgehead atoms. The summed E-state index contributed by atoms with van der Waals surface area (Å²) in [5.74, 6) is -1.53. The molecule has 6 rings (SSSR count). The second kappa shape index (κ2) is 12.3. The van der Waals surface area contributed by atoms with Crippen LogP contribution < -0.4 is 24.7 Å². The Labute approximate surface area is 263 Å². The van der Waals surface area contributed by atoms with Crippen LogP contribution in [0.1, 0.15) is 30.2 Å². The molecule has 3 atom stereocenters. The highest BCUT2D eigenvalue weighted by atomic mass is 32.2. The van der Waals surface area contributed by atoms with Crippen LogP contribution in [0.2, 0.25) is 0 Å². The average molecular weight is 629 g/mol. The highest BCUT2D eigenvalue weighted by Gasteiger charge is 2.56. The van der Waals surface area contributed by atoms with Gasteiger partial charge in [-0.25, -0.2) is 4.90 Å². The molecule has 2 aliphatic heterocycles. The number of fused-ring (bicyclic) bond motifs is 2. The van der Waals surface area contributed by atoms with Crippen LogP contribution in [0, 0.1) is 5.92 Å². The zero-order valence-corrected chi connectivity index (χ0v) is 26.2. The quantitative estimate of drug-likeness (QED) is 0.255. The predicted molar refractivity (Wildman–Crippen MR) is 174 cm³/mol. The van der Waals surface area contributed by atoms with Crippen molar-refractivity contribution in [3.63, 3.8) is 0 Å². The first-order valence-corrected chi connectivity index (χ1v) is 16.2. The molecule has 0 radical (unpaired) electrons. The van der Waals surface area contributed by atoms with Gasteiger partial charge in [-0.15, -0.1) is 0 Å². The Balaban J connectivity index is 1.39. The first kappa shape index (κ1) is 29.7. The number of imide groups is 1. The van der Waals surface area contributed by atoms with E-state index in [2.05, 4.69) is 24.1 Å². The van der Waals surface area contributed by atoms with E-state index in [-0.39, 0.29) is 29.1 Å². The number of rotatable bonds is 9. The van der Waals surface area contributed by atoms with Gasteiger partial charge in [0.25, 0.3) is 0 Å². The molecule has 0 aliphatic carbocycles. The largest absolute Gasteiger partial charge is 0.497 e. The number of thioether (sulfide) groups is 1. The fourth-order valence-electron chi connectivity index (χ4n) is 5.95. The molecule has 4 aromatic rings. The summed E-state index contributed by atoms with van der Waals surface area (Å²) in [5.41, 5.74) is 3.00. The van der Waals surface area contributed by atoms with Crippen molar-refractivity contribution in [3.05, 3.63) is 99.0 Å². The lowest BCUT2D eigenvalue weighted by Crippen LogP contribution is -2.33. The number of nitrogens with one attached hydrogen (secondary N) is 1. The Morgan fingerprint density at radius 1 is 0.909 bits per heavy atom. The minimum atomic E-state index is -0.743. The summed E-state index contributed by atoms with van der Waals surface area (Å²) in [6, 6.07) is 23.9. The second-order valence-electron chi connectivity index (χ2n) is 10.6. The SMILES string of the molecule is CCN(CC)c1ccc([C@@H]2c3sc(=O)n(CC(=O)Nc4ccc(OC)cc4)c3S[C@H]3C(=O)N(c4ccccc4)C(=O)[C@@H]23)cc1. The summed E-state index contributed by atoms with van der Waals surface area (Å²) in [6.45, 7) is 5.68. The fourth-order valence-corrected chi connectivity index (χ4v) is 8.72. The normalized spacial score (nSPS) is 19.0. The Bertz CT molecular complexity index is 1750. The molecule has 0 unspecified atom stereocenters. The zero-order chi connectivity index (χ0) is 31.0. The third-order valence-corrected chi connectivity index (χ3v) is 10.7. The van der Waals surface area contributed by atoms with E-state index in [1.54, 1.807) is 55.6 Å². The van der Waals surface area contributed by atoms with E-state index >= 15 is 0 Å². The summed E-state index contributed by atoms with van der Waals surface area (Å²) < 4.78 is 6.61. The van der Waals surface area contributed by atoms with E-state index in [0.717, 1.165) is 35.7 Å². The van der Waals surface area contributed by atoms with E-state index in [0.29, 0.717) is 27.0 Å². The standard InChI is InChI=1S/C33H32N4O5S2/c1-4-35(5-2)22-15-11-20(12-16-22)26-27-28(31(40)37(30(27)39)23-9-7-6-8-10-23)43-32-29(26)44-33(41)36(32)19-25(38)34-21-13-17-24(42-3)18-14-21/h6-18,26-28H,4-5,19H2,1-3H3,(H,34,38)/t26-,27-,28+/m0/s1. The Morgan fingerprint density at radius 2 is 1.59 bits per heavy atom. The zero-order valence-electron chi connectivity index (χ0n) is 24.6. The molecule has 3 heterocycles. The van der Waals surface area contributed by atoms with Crippen LogP contribution in [0.5, 0.6) is 5.75 Å². The van der Waals surface area contributed by atoms with Crippen molar-refractivity contribution in [2.24, 2.45) is 5.92 Å². The molecule has 3 aromatic carbocycles. The van der Waals surface area contributed by atoms with Crippen LogP contribution in [-0.4, -0.2) is 47.7 Å². The van der Waals surface area contributed by atoms with Gasteiger partial charge in [0.2, 0.25) is 17.7 Å². The lowest BCUT2D eigenvalue weighted by atomic mass is 9.83. The molecule has 1 aromatic heterocycles. The first-order chi connectivity index (χ1) is 21.3. The van der Waals surface area contributed by atoms with Crippen molar-refractivity contribution in [1.82, 2.24) is 4.57 Å². The van der Waals surface area contributed by atoms with E-state index < -0.39 is 17.1 Å². The van der Waals surface area contributed by atoms with Crippen molar-refractivity contribution < 1.29 is 19.1 Å². The maximum absolute atomic E-state index is 14.1. The van der Waals surface area contributed by atoms with Crippen LogP contribution in [0.25, 0.3) is 0 Å². The number of hydrogen-bond acceptors (Lipinski definition) is 8. The molecule has 0 spiro atoms. The van der Waals surface area contributed by atoms with Gasteiger partial charge in [0.1, 0.15) is 17.5 Å². The predicted octanol–water partition coefficient (Wildman–Crippen LogP) is 5.20. The number of nitrogens with zero attached hydrogens (tertiary/aromatic N) is 3. The number of thiazole rings is 1. The van der Waals surface area contributed by atoms with E-state index in [1.807, 2.05) is 30.3 Å². The molecule has 1 N–H and O–H groups in total. The van der Waals surface area contributed by atoms with Gasteiger partial charge in [-0.2, -0.15) is 0 Å². The molecule has 1 fully saturated rings. The van der Waals surface area contributed by atoms with E-state index in [1.165, 1.54) is 21.2 Å². The Kier molecular flexibility index (Phi) is 8.33. The molecule has 0 saturated carbocycles. The molecule has 3 amide bonds. The van der Waals surface area contributed by atoms with Gasteiger partial charge in [0, 0.05) is 35.3 Å². The molecule has 9 nitrogen and oxygen atoms in total. The summed E-state index contributed by atoms with van der Waals surface area (Å²) in [5, 5.41) is 2.65. The molecule has 2 aliphatic rings. The van der Waals surface area contributed by atoms with Crippen molar-refractivity contribution in [1.29, 1.82) is 0 Å². The minimum absolute atomic E-state index is 0.223. The molecule has 44 heavy (non-hydrogen) atoms. The minimum Gasteiger partial charge on any atom is -0.497 e.